The Morgan fingerprint density at radius 3 is 2.57 bits per heavy atom. The fraction of sp³-hybridized carbons (Fsp3) is 0.188. The van der Waals surface area contributed by atoms with Gasteiger partial charge in [-0.3, -0.25) is 4.79 Å². The van der Waals surface area contributed by atoms with Gasteiger partial charge >= 0.3 is 0 Å². The van der Waals surface area contributed by atoms with E-state index in [2.05, 4.69) is 5.32 Å². The lowest BCUT2D eigenvalue weighted by Crippen LogP contribution is -2.13. The summed E-state index contributed by atoms with van der Waals surface area (Å²) in [5.41, 5.74) is 9.15. The van der Waals surface area contributed by atoms with E-state index in [1.165, 1.54) is 0 Å². The topological polar surface area (TPSA) is 64.3 Å². The lowest BCUT2D eigenvalue weighted by molar-refractivity contribution is 0.102. The maximum atomic E-state index is 12.3. The van der Waals surface area contributed by atoms with Crippen molar-refractivity contribution >= 4 is 28.9 Å². The zero-order valence-electron chi connectivity index (χ0n) is 12.2. The van der Waals surface area contributed by atoms with Crippen LogP contribution in [0, 0.1) is 13.8 Å². The second-order valence-corrected chi connectivity index (χ2v) is 5.25. The summed E-state index contributed by atoms with van der Waals surface area (Å²) in [6.07, 6.45) is 0. The molecule has 3 N–H and O–H groups in total. The third-order valence-electron chi connectivity index (χ3n) is 3.24. The number of anilines is 2. The van der Waals surface area contributed by atoms with Crippen molar-refractivity contribution in [3.05, 3.63) is 52.0 Å². The highest BCUT2D eigenvalue weighted by molar-refractivity contribution is 6.31. The molecular formula is C16H17ClN2O2. The van der Waals surface area contributed by atoms with Gasteiger partial charge in [-0.25, -0.2) is 0 Å². The maximum absolute atomic E-state index is 12.3. The molecule has 2 aromatic carbocycles. The summed E-state index contributed by atoms with van der Waals surface area (Å²) in [5, 5.41) is 3.28. The van der Waals surface area contributed by atoms with Crippen LogP contribution in [0.1, 0.15) is 21.5 Å². The minimum atomic E-state index is -0.266. The van der Waals surface area contributed by atoms with Crippen LogP contribution < -0.4 is 15.8 Å². The van der Waals surface area contributed by atoms with Gasteiger partial charge in [0, 0.05) is 27.5 Å². The van der Waals surface area contributed by atoms with Gasteiger partial charge in [-0.05, 0) is 43.7 Å². The average Bonchev–Trinajstić information content (AvgIpc) is 2.41. The van der Waals surface area contributed by atoms with Gasteiger partial charge < -0.3 is 15.8 Å². The second-order valence-electron chi connectivity index (χ2n) is 4.82. The van der Waals surface area contributed by atoms with E-state index in [4.69, 9.17) is 22.1 Å². The SMILES string of the molecule is COc1c(C)ccc(NC(=O)c2cc(N)cc(Cl)c2)c1C. The lowest BCUT2D eigenvalue weighted by Gasteiger charge is -2.14. The van der Waals surface area contributed by atoms with Crippen LogP contribution in [0.4, 0.5) is 11.4 Å². The Hall–Kier alpha value is -2.20. The summed E-state index contributed by atoms with van der Waals surface area (Å²) in [5.74, 6) is 0.497. The molecule has 21 heavy (non-hydrogen) atoms. The number of hydrogen-bond acceptors (Lipinski definition) is 3. The first-order chi connectivity index (χ1) is 9.92. The average molecular weight is 305 g/mol. The zero-order valence-corrected chi connectivity index (χ0v) is 12.9. The third kappa shape index (κ3) is 3.28. The summed E-state index contributed by atoms with van der Waals surface area (Å²) >= 11 is 5.92. The molecule has 0 aromatic heterocycles. The van der Waals surface area contributed by atoms with Crippen LogP contribution in [-0.4, -0.2) is 13.0 Å². The first-order valence-electron chi connectivity index (χ1n) is 6.44. The van der Waals surface area contributed by atoms with Crippen molar-refractivity contribution in [2.24, 2.45) is 0 Å². The molecule has 0 unspecified atom stereocenters. The van der Waals surface area contributed by atoms with E-state index < -0.39 is 0 Å². The number of carbonyl (C=O) groups excluding carboxylic acids is 1. The second kappa shape index (κ2) is 6.06. The van der Waals surface area contributed by atoms with Gasteiger partial charge in [-0.2, -0.15) is 0 Å². The molecule has 1 amide bonds. The molecule has 0 atom stereocenters. The number of amides is 1. The number of benzene rings is 2. The number of hydrogen-bond donors (Lipinski definition) is 2. The summed E-state index contributed by atoms with van der Waals surface area (Å²) in [6.45, 7) is 3.85. The number of halogens is 1. The van der Waals surface area contributed by atoms with Crippen molar-refractivity contribution in [3.63, 3.8) is 0 Å². The van der Waals surface area contributed by atoms with Gasteiger partial charge in [0.05, 0.1) is 7.11 Å². The van der Waals surface area contributed by atoms with Crippen LogP contribution in [-0.2, 0) is 0 Å². The van der Waals surface area contributed by atoms with E-state index in [1.807, 2.05) is 26.0 Å². The third-order valence-corrected chi connectivity index (χ3v) is 3.46. The fourth-order valence-corrected chi connectivity index (χ4v) is 2.46. The lowest BCUT2D eigenvalue weighted by atomic mass is 10.1. The molecule has 2 rings (SSSR count). The normalized spacial score (nSPS) is 10.3. The quantitative estimate of drug-likeness (QED) is 0.848. The molecule has 0 aliphatic carbocycles. The minimum absolute atomic E-state index is 0.266. The number of nitrogen functional groups attached to an aromatic ring is 1. The van der Waals surface area contributed by atoms with Crippen LogP contribution in [0.15, 0.2) is 30.3 Å². The number of carbonyl (C=O) groups is 1. The molecule has 0 aliphatic heterocycles. The molecular weight excluding hydrogens is 288 g/mol. The smallest absolute Gasteiger partial charge is 0.255 e. The predicted octanol–water partition coefficient (Wildman–Crippen LogP) is 3.80. The Bertz CT molecular complexity index is 679. The summed E-state index contributed by atoms with van der Waals surface area (Å²) in [6, 6.07) is 8.50. The minimum Gasteiger partial charge on any atom is -0.496 e. The molecule has 2 aromatic rings. The van der Waals surface area contributed by atoms with Crippen molar-refractivity contribution in [1.29, 1.82) is 0 Å². The Balaban J connectivity index is 2.32. The van der Waals surface area contributed by atoms with Crippen molar-refractivity contribution < 1.29 is 9.53 Å². The van der Waals surface area contributed by atoms with E-state index in [-0.39, 0.29) is 5.91 Å². The highest BCUT2D eigenvalue weighted by atomic mass is 35.5. The number of methoxy groups -OCH3 is 1. The molecule has 0 fully saturated rings. The van der Waals surface area contributed by atoms with Gasteiger partial charge in [-0.1, -0.05) is 17.7 Å². The number of nitrogens with one attached hydrogen (secondary N) is 1. The summed E-state index contributed by atoms with van der Waals surface area (Å²) in [4.78, 5) is 12.3. The largest absolute Gasteiger partial charge is 0.496 e. The van der Waals surface area contributed by atoms with Crippen molar-refractivity contribution in [3.8, 4) is 5.75 Å². The molecule has 0 aliphatic rings. The highest BCUT2D eigenvalue weighted by Crippen LogP contribution is 2.29. The van der Waals surface area contributed by atoms with E-state index in [0.29, 0.717) is 22.0 Å². The van der Waals surface area contributed by atoms with Crippen LogP contribution >= 0.6 is 11.6 Å². The molecule has 0 heterocycles. The molecule has 0 saturated heterocycles. The predicted molar refractivity (Wildman–Crippen MR) is 86.3 cm³/mol. The fourth-order valence-electron chi connectivity index (χ4n) is 2.21. The van der Waals surface area contributed by atoms with E-state index >= 15 is 0 Å². The first-order valence-corrected chi connectivity index (χ1v) is 6.81. The van der Waals surface area contributed by atoms with Gasteiger partial charge in [0.15, 0.2) is 0 Å². The van der Waals surface area contributed by atoms with E-state index in [1.54, 1.807) is 25.3 Å². The number of ether oxygens (including phenoxy) is 1. The van der Waals surface area contributed by atoms with Crippen molar-refractivity contribution in [2.75, 3.05) is 18.2 Å². The number of nitrogens with two attached hydrogens (primary N) is 1. The van der Waals surface area contributed by atoms with Crippen LogP contribution in [0.3, 0.4) is 0 Å². The molecule has 0 bridgehead atoms. The molecule has 0 spiro atoms. The van der Waals surface area contributed by atoms with Crippen molar-refractivity contribution in [1.82, 2.24) is 0 Å². The molecule has 110 valence electrons. The van der Waals surface area contributed by atoms with Gasteiger partial charge in [0.2, 0.25) is 0 Å². The molecule has 0 saturated carbocycles. The van der Waals surface area contributed by atoms with Crippen LogP contribution in [0.5, 0.6) is 5.75 Å². The standard InChI is InChI=1S/C16H17ClN2O2/c1-9-4-5-14(10(2)15(9)21-3)19-16(20)11-6-12(17)8-13(18)7-11/h4-8H,18H2,1-3H3,(H,19,20). The maximum Gasteiger partial charge on any atom is 0.255 e. The number of rotatable bonds is 3. The van der Waals surface area contributed by atoms with Gasteiger partial charge in [0.1, 0.15) is 5.75 Å². The Kier molecular flexibility index (Phi) is 4.38. The highest BCUT2D eigenvalue weighted by Gasteiger charge is 2.12. The molecule has 5 heteroatoms. The van der Waals surface area contributed by atoms with Crippen LogP contribution in [0.2, 0.25) is 5.02 Å². The Morgan fingerprint density at radius 1 is 1.24 bits per heavy atom. The van der Waals surface area contributed by atoms with E-state index in [9.17, 15) is 4.79 Å². The summed E-state index contributed by atoms with van der Waals surface area (Å²) in [7, 11) is 1.61. The van der Waals surface area contributed by atoms with Gasteiger partial charge in [-0.15, -0.1) is 0 Å². The Morgan fingerprint density at radius 2 is 1.95 bits per heavy atom. The monoisotopic (exact) mass is 304 g/mol. The molecule has 0 radical (unpaired) electrons. The van der Waals surface area contributed by atoms with Crippen molar-refractivity contribution in [2.45, 2.75) is 13.8 Å². The Labute approximate surface area is 128 Å². The molecule has 4 nitrogen and oxygen atoms in total. The van der Waals surface area contributed by atoms with E-state index in [0.717, 1.165) is 16.9 Å². The summed E-state index contributed by atoms with van der Waals surface area (Å²) < 4.78 is 5.35. The number of aryl methyl sites for hydroxylation is 1. The van der Waals surface area contributed by atoms with Gasteiger partial charge in [0.25, 0.3) is 5.91 Å². The van der Waals surface area contributed by atoms with Crippen LogP contribution in [0.25, 0.3) is 0 Å². The zero-order chi connectivity index (χ0) is 15.6. The first kappa shape index (κ1) is 15.2.